The lowest BCUT2D eigenvalue weighted by Gasteiger charge is -2.21. The first-order valence-electron chi connectivity index (χ1n) is 9.49. The molecule has 0 aliphatic heterocycles. The van der Waals surface area contributed by atoms with E-state index in [1.807, 2.05) is 0 Å². The van der Waals surface area contributed by atoms with Crippen molar-refractivity contribution >= 4 is 38.7 Å². The number of rotatable bonds is 10. The van der Waals surface area contributed by atoms with Gasteiger partial charge in [0.05, 0.1) is 39.8 Å². The second-order valence-electron chi connectivity index (χ2n) is 6.65. The lowest BCUT2D eigenvalue weighted by atomic mass is 10.0. The van der Waals surface area contributed by atoms with Gasteiger partial charge in [0.1, 0.15) is 16.4 Å². The molecule has 0 bridgehead atoms. The molecule has 0 heterocycles. The standard InChI is InChI=1S/C21H25NO10S2/c1-22(21(23)24)34(27,28)18-10-13(12-33(25)26)15(11-17(18)30-3)20(32-5)19(31-4)14-8-6-7-9-16(14)29-2/h6-11H,12H2,1-5H3,(H,23,24)(H,25,26). The number of nitrogens with zero attached hydrogens (tertiary/aromatic N) is 1. The van der Waals surface area contributed by atoms with Gasteiger partial charge >= 0.3 is 6.09 Å². The number of para-hydroxylation sites is 1. The van der Waals surface area contributed by atoms with Crippen LogP contribution in [0, 0.1) is 0 Å². The van der Waals surface area contributed by atoms with Gasteiger partial charge in [-0.15, -0.1) is 0 Å². The van der Waals surface area contributed by atoms with Crippen molar-refractivity contribution in [3.8, 4) is 11.5 Å². The Balaban J connectivity index is 2.95. The van der Waals surface area contributed by atoms with E-state index in [1.54, 1.807) is 24.3 Å². The van der Waals surface area contributed by atoms with E-state index in [9.17, 15) is 27.1 Å². The summed E-state index contributed by atoms with van der Waals surface area (Å²) in [5, 5.41) is 9.18. The van der Waals surface area contributed by atoms with Gasteiger partial charge in [-0.2, -0.15) is 0 Å². The fraction of sp³-hybridized carbons (Fsp3) is 0.286. The zero-order chi connectivity index (χ0) is 25.6. The first-order chi connectivity index (χ1) is 16.0. The van der Waals surface area contributed by atoms with Gasteiger partial charge in [-0.25, -0.2) is 21.7 Å². The Hall–Kier alpha value is -3.29. The number of ether oxygens (including phenoxy) is 4. The van der Waals surface area contributed by atoms with E-state index >= 15 is 0 Å². The summed E-state index contributed by atoms with van der Waals surface area (Å²) in [7, 11) is 1.72. The molecule has 0 radical (unpaired) electrons. The van der Waals surface area contributed by atoms with Gasteiger partial charge in [0, 0.05) is 12.6 Å². The molecule has 2 aromatic carbocycles. The molecule has 0 fully saturated rings. The fourth-order valence-electron chi connectivity index (χ4n) is 3.16. The van der Waals surface area contributed by atoms with Gasteiger partial charge in [-0.3, -0.25) is 0 Å². The summed E-state index contributed by atoms with van der Waals surface area (Å²) in [6.45, 7) is 0. The van der Waals surface area contributed by atoms with Gasteiger partial charge in [0.2, 0.25) is 0 Å². The average Bonchev–Trinajstić information content (AvgIpc) is 2.81. The molecule has 1 amide bonds. The molecule has 0 saturated carbocycles. The summed E-state index contributed by atoms with van der Waals surface area (Å²) in [6.07, 6.45) is -1.71. The summed E-state index contributed by atoms with van der Waals surface area (Å²) in [4.78, 5) is 10.8. The molecular formula is C21H25NO10S2. The van der Waals surface area contributed by atoms with E-state index in [0.29, 0.717) is 11.3 Å². The fourth-order valence-corrected chi connectivity index (χ4v) is 4.85. The second-order valence-corrected chi connectivity index (χ2v) is 9.52. The van der Waals surface area contributed by atoms with Crippen molar-refractivity contribution in [1.82, 2.24) is 4.31 Å². The number of carbonyl (C=O) groups is 1. The van der Waals surface area contributed by atoms with E-state index < -0.39 is 37.8 Å². The summed E-state index contributed by atoms with van der Waals surface area (Å²) >= 11 is -2.38. The second kappa shape index (κ2) is 11.2. The Morgan fingerprint density at radius 1 is 0.971 bits per heavy atom. The first-order valence-corrected chi connectivity index (χ1v) is 12.2. The molecule has 1 unspecified atom stereocenters. The van der Waals surface area contributed by atoms with Crippen LogP contribution < -0.4 is 9.47 Å². The molecule has 0 spiro atoms. The highest BCUT2D eigenvalue weighted by atomic mass is 32.2. The van der Waals surface area contributed by atoms with Crippen LogP contribution in [0.4, 0.5) is 4.79 Å². The maximum absolute atomic E-state index is 12.9. The van der Waals surface area contributed by atoms with E-state index in [4.69, 9.17) is 18.9 Å². The van der Waals surface area contributed by atoms with Crippen molar-refractivity contribution in [2.24, 2.45) is 0 Å². The van der Waals surface area contributed by atoms with Crippen molar-refractivity contribution in [2.45, 2.75) is 10.6 Å². The van der Waals surface area contributed by atoms with Crippen LogP contribution in [0.2, 0.25) is 0 Å². The van der Waals surface area contributed by atoms with Crippen LogP contribution in [0.25, 0.3) is 11.5 Å². The SMILES string of the molecule is COC(=C(OC)c1ccccc1OC)c1cc(OC)c(S(=O)(=O)N(C)C(=O)O)cc1CS(=O)O. The van der Waals surface area contributed by atoms with Crippen LogP contribution in [0.5, 0.6) is 11.5 Å². The zero-order valence-corrected chi connectivity index (χ0v) is 20.7. The van der Waals surface area contributed by atoms with Gasteiger partial charge in [-0.1, -0.05) is 12.1 Å². The molecular weight excluding hydrogens is 490 g/mol. The van der Waals surface area contributed by atoms with Gasteiger partial charge in [0.25, 0.3) is 10.0 Å². The third kappa shape index (κ3) is 5.43. The summed E-state index contributed by atoms with van der Waals surface area (Å²) in [6, 6.07) is 9.25. The molecule has 13 heteroatoms. The number of hydrogen-bond acceptors (Lipinski definition) is 8. The number of hydrogen-bond donors (Lipinski definition) is 2. The highest BCUT2D eigenvalue weighted by Gasteiger charge is 2.31. The smallest absolute Gasteiger partial charge is 0.421 e. The van der Waals surface area contributed by atoms with Crippen molar-refractivity contribution in [3.05, 3.63) is 53.1 Å². The normalized spacial score (nSPS) is 12.9. The zero-order valence-electron chi connectivity index (χ0n) is 19.1. The van der Waals surface area contributed by atoms with Crippen molar-refractivity contribution in [3.63, 3.8) is 0 Å². The minimum absolute atomic E-state index is 0.0697. The first kappa shape index (κ1) is 27.0. The molecule has 2 aromatic rings. The summed E-state index contributed by atoms with van der Waals surface area (Å²) in [5.74, 6) is 0.0524. The predicted molar refractivity (Wildman–Crippen MR) is 124 cm³/mol. The molecule has 34 heavy (non-hydrogen) atoms. The molecule has 186 valence electrons. The van der Waals surface area contributed by atoms with E-state index in [0.717, 1.165) is 13.1 Å². The monoisotopic (exact) mass is 515 g/mol. The van der Waals surface area contributed by atoms with Gasteiger partial charge in [0.15, 0.2) is 22.6 Å². The summed E-state index contributed by atoms with van der Waals surface area (Å²) in [5.41, 5.74) is 0.767. The number of amides is 1. The molecule has 0 saturated heterocycles. The Morgan fingerprint density at radius 3 is 2.03 bits per heavy atom. The topological polar surface area (TPSA) is 149 Å². The van der Waals surface area contributed by atoms with Crippen molar-refractivity contribution in [2.75, 3.05) is 35.5 Å². The molecule has 1 atom stereocenters. The molecule has 2 N–H and O–H groups in total. The number of sulfonamides is 1. The van der Waals surface area contributed by atoms with E-state index in [-0.39, 0.29) is 32.7 Å². The Bertz CT molecular complexity index is 1220. The number of carboxylic acid groups (broad SMARTS) is 1. The van der Waals surface area contributed by atoms with Crippen LogP contribution in [0.15, 0.2) is 41.3 Å². The molecule has 2 rings (SSSR count). The minimum atomic E-state index is -4.56. The third-order valence-corrected chi connectivity index (χ3v) is 7.10. The largest absolute Gasteiger partial charge is 0.496 e. The Kier molecular flexibility index (Phi) is 8.90. The van der Waals surface area contributed by atoms with Gasteiger partial charge < -0.3 is 28.6 Å². The lowest BCUT2D eigenvalue weighted by molar-refractivity contribution is 0.178. The average molecular weight is 516 g/mol. The highest BCUT2D eigenvalue weighted by Crippen LogP contribution is 2.38. The Labute approximate surface area is 199 Å². The Morgan fingerprint density at radius 2 is 1.53 bits per heavy atom. The highest BCUT2D eigenvalue weighted by molar-refractivity contribution is 7.89. The predicted octanol–water partition coefficient (Wildman–Crippen LogP) is 2.84. The third-order valence-electron chi connectivity index (χ3n) is 4.79. The molecule has 0 aromatic heterocycles. The van der Waals surface area contributed by atoms with Gasteiger partial charge in [-0.05, 0) is 29.8 Å². The molecule has 0 aliphatic rings. The lowest BCUT2D eigenvalue weighted by Crippen LogP contribution is -2.32. The van der Waals surface area contributed by atoms with E-state index in [2.05, 4.69) is 0 Å². The number of methoxy groups -OCH3 is 4. The quantitative estimate of drug-likeness (QED) is 0.275. The van der Waals surface area contributed by atoms with Crippen LogP contribution >= 0.6 is 0 Å². The van der Waals surface area contributed by atoms with Crippen molar-refractivity contribution < 1.29 is 46.0 Å². The maximum Gasteiger partial charge on any atom is 0.421 e. The minimum Gasteiger partial charge on any atom is -0.496 e. The number of benzene rings is 2. The molecule has 11 nitrogen and oxygen atoms in total. The maximum atomic E-state index is 12.9. The molecule has 0 aliphatic carbocycles. The van der Waals surface area contributed by atoms with Crippen molar-refractivity contribution in [1.29, 1.82) is 0 Å². The van der Waals surface area contributed by atoms with Crippen LogP contribution in [0.1, 0.15) is 16.7 Å². The van der Waals surface area contributed by atoms with Crippen LogP contribution in [-0.2, 0) is 36.3 Å². The van der Waals surface area contributed by atoms with E-state index in [1.165, 1.54) is 34.5 Å². The summed E-state index contributed by atoms with van der Waals surface area (Å²) < 4.78 is 69.0. The van der Waals surface area contributed by atoms with Crippen LogP contribution in [-0.4, -0.2) is 68.2 Å². The van der Waals surface area contributed by atoms with Crippen LogP contribution in [0.3, 0.4) is 0 Å².